The van der Waals surface area contributed by atoms with Crippen molar-refractivity contribution in [2.75, 3.05) is 5.32 Å². The Balaban J connectivity index is 1.53. The first-order valence-electron chi connectivity index (χ1n) is 7.45. The first-order chi connectivity index (χ1) is 11.8. The van der Waals surface area contributed by atoms with E-state index < -0.39 is 0 Å². The third-order valence-corrected chi connectivity index (χ3v) is 3.92. The van der Waals surface area contributed by atoms with Crippen molar-refractivity contribution in [2.24, 2.45) is 0 Å². The molecule has 0 aliphatic carbocycles. The molecule has 0 aliphatic heterocycles. The number of rotatable bonds is 4. The second-order valence-electron chi connectivity index (χ2n) is 5.28. The SMILES string of the molecule is Clc1ccc(-c2cc(CNc3ncnc4ccccc34)on2)cc1. The first-order valence-corrected chi connectivity index (χ1v) is 7.82. The molecule has 2 aromatic carbocycles. The topological polar surface area (TPSA) is 63.8 Å². The van der Waals surface area contributed by atoms with E-state index in [1.54, 1.807) is 6.33 Å². The van der Waals surface area contributed by atoms with Gasteiger partial charge in [-0.3, -0.25) is 0 Å². The number of para-hydroxylation sites is 1. The molecule has 0 radical (unpaired) electrons. The normalized spacial score (nSPS) is 10.9. The Morgan fingerprint density at radius 1 is 1.00 bits per heavy atom. The molecular formula is C18H13ClN4O. The van der Waals surface area contributed by atoms with Crippen LogP contribution < -0.4 is 5.32 Å². The Morgan fingerprint density at radius 2 is 1.83 bits per heavy atom. The Labute approximate surface area is 143 Å². The van der Waals surface area contributed by atoms with Gasteiger partial charge >= 0.3 is 0 Å². The molecule has 1 N–H and O–H groups in total. The molecule has 2 aromatic heterocycles. The summed E-state index contributed by atoms with van der Waals surface area (Å²) < 4.78 is 5.39. The fraction of sp³-hybridized carbons (Fsp3) is 0.0556. The van der Waals surface area contributed by atoms with E-state index in [0.717, 1.165) is 33.7 Å². The van der Waals surface area contributed by atoms with Crippen LogP contribution in [-0.2, 0) is 6.54 Å². The number of hydrogen-bond donors (Lipinski definition) is 1. The van der Waals surface area contributed by atoms with E-state index in [-0.39, 0.29) is 0 Å². The van der Waals surface area contributed by atoms with Crippen LogP contribution >= 0.6 is 11.6 Å². The van der Waals surface area contributed by atoms with E-state index in [1.165, 1.54) is 0 Å². The van der Waals surface area contributed by atoms with Crippen LogP contribution in [0.5, 0.6) is 0 Å². The Morgan fingerprint density at radius 3 is 2.71 bits per heavy atom. The van der Waals surface area contributed by atoms with Gasteiger partial charge in [0.25, 0.3) is 0 Å². The number of nitrogens with zero attached hydrogens (tertiary/aromatic N) is 3. The highest BCUT2D eigenvalue weighted by Gasteiger charge is 2.08. The van der Waals surface area contributed by atoms with E-state index in [1.807, 2.05) is 54.6 Å². The van der Waals surface area contributed by atoms with E-state index >= 15 is 0 Å². The molecule has 4 rings (SSSR count). The smallest absolute Gasteiger partial charge is 0.156 e. The van der Waals surface area contributed by atoms with Gasteiger partial charge in [-0.05, 0) is 24.3 Å². The second kappa shape index (κ2) is 6.29. The van der Waals surface area contributed by atoms with Crippen molar-refractivity contribution in [3.8, 4) is 11.3 Å². The van der Waals surface area contributed by atoms with Crippen LogP contribution in [0.15, 0.2) is 65.4 Å². The molecule has 24 heavy (non-hydrogen) atoms. The number of hydrogen-bond acceptors (Lipinski definition) is 5. The maximum absolute atomic E-state index is 5.90. The van der Waals surface area contributed by atoms with Crippen molar-refractivity contribution >= 4 is 28.3 Å². The molecule has 5 nitrogen and oxygen atoms in total. The molecule has 0 unspecified atom stereocenters. The summed E-state index contributed by atoms with van der Waals surface area (Å²) in [5.74, 6) is 1.49. The molecular weight excluding hydrogens is 324 g/mol. The average Bonchev–Trinajstić information content (AvgIpc) is 3.09. The Kier molecular flexibility index (Phi) is 3.84. The van der Waals surface area contributed by atoms with Crippen LogP contribution in [0.3, 0.4) is 0 Å². The molecule has 0 amide bonds. The minimum atomic E-state index is 0.488. The monoisotopic (exact) mass is 336 g/mol. The van der Waals surface area contributed by atoms with Crippen molar-refractivity contribution < 1.29 is 4.52 Å². The van der Waals surface area contributed by atoms with Gasteiger partial charge in [-0.1, -0.05) is 41.0 Å². The van der Waals surface area contributed by atoms with Crippen molar-refractivity contribution in [1.29, 1.82) is 0 Å². The van der Waals surface area contributed by atoms with Gasteiger partial charge in [0.05, 0.1) is 12.1 Å². The standard InChI is InChI=1S/C18H13ClN4O/c19-13-7-5-12(6-8-13)17-9-14(24-23-17)10-20-18-15-3-1-2-4-16(15)21-11-22-18/h1-9,11H,10H2,(H,20,21,22). The summed E-state index contributed by atoms with van der Waals surface area (Å²) in [6.45, 7) is 0.488. The van der Waals surface area contributed by atoms with Gasteiger partial charge in [-0.25, -0.2) is 9.97 Å². The predicted octanol–water partition coefficient (Wildman–Crippen LogP) is 4.55. The summed E-state index contributed by atoms with van der Waals surface area (Å²) >= 11 is 5.90. The minimum absolute atomic E-state index is 0.488. The molecule has 0 atom stereocenters. The van der Waals surface area contributed by atoms with Gasteiger partial charge in [0.1, 0.15) is 17.8 Å². The summed E-state index contributed by atoms with van der Waals surface area (Å²) in [6.07, 6.45) is 1.55. The molecule has 0 saturated heterocycles. The molecule has 0 spiro atoms. The zero-order valence-electron chi connectivity index (χ0n) is 12.6. The van der Waals surface area contributed by atoms with Gasteiger partial charge in [0.2, 0.25) is 0 Å². The van der Waals surface area contributed by atoms with Crippen LogP contribution in [-0.4, -0.2) is 15.1 Å². The highest BCUT2D eigenvalue weighted by Crippen LogP contribution is 2.23. The minimum Gasteiger partial charge on any atom is -0.362 e. The van der Waals surface area contributed by atoms with Crippen LogP contribution in [0.25, 0.3) is 22.2 Å². The van der Waals surface area contributed by atoms with Gasteiger partial charge in [0, 0.05) is 22.0 Å². The lowest BCUT2D eigenvalue weighted by Gasteiger charge is -2.05. The van der Waals surface area contributed by atoms with Crippen LogP contribution in [0.1, 0.15) is 5.76 Å². The summed E-state index contributed by atoms with van der Waals surface area (Å²) in [5.41, 5.74) is 2.63. The number of benzene rings is 2. The van der Waals surface area contributed by atoms with Crippen molar-refractivity contribution in [3.05, 3.63) is 71.7 Å². The highest BCUT2D eigenvalue weighted by molar-refractivity contribution is 6.30. The van der Waals surface area contributed by atoms with Crippen LogP contribution in [0.4, 0.5) is 5.82 Å². The van der Waals surface area contributed by atoms with Gasteiger partial charge < -0.3 is 9.84 Å². The van der Waals surface area contributed by atoms with E-state index in [2.05, 4.69) is 20.4 Å². The number of halogens is 1. The maximum atomic E-state index is 5.90. The second-order valence-corrected chi connectivity index (χ2v) is 5.71. The quantitative estimate of drug-likeness (QED) is 0.592. The molecule has 2 heterocycles. The summed E-state index contributed by atoms with van der Waals surface area (Å²) in [6, 6.07) is 17.2. The van der Waals surface area contributed by atoms with Crippen molar-refractivity contribution in [3.63, 3.8) is 0 Å². The molecule has 0 saturated carbocycles. The van der Waals surface area contributed by atoms with Gasteiger partial charge in [-0.15, -0.1) is 0 Å². The van der Waals surface area contributed by atoms with E-state index in [0.29, 0.717) is 11.6 Å². The predicted molar refractivity (Wildman–Crippen MR) is 93.8 cm³/mol. The fourth-order valence-corrected chi connectivity index (χ4v) is 2.60. The molecule has 4 aromatic rings. The molecule has 0 bridgehead atoms. The summed E-state index contributed by atoms with van der Waals surface area (Å²) in [7, 11) is 0. The molecule has 6 heteroatoms. The third kappa shape index (κ3) is 2.94. The molecule has 0 aliphatic rings. The summed E-state index contributed by atoms with van der Waals surface area (Å²) in [4.78, 5) is 8.55. The fourth-order valence-electron chi connectivity index (χ4n) is 2.47. The highest BCUT2D eigenvalue weighted by atomic mass is 35.5. The largest absolute Gasteiger partial charge is 0.362 e. The molecule has 0 fully saturated rings. The Bertz CT molecular complexity index is 976. The lowest BCUT2D eigenvalue weighted by Crippen LogP contribution is -2.01. The number of fused-ring (bicyclic) bond motifs is 1. The zero-order chi connectivity index (χ0) is 16.4. The lowest BCUT2D eigenvalue weighted by molar-refractivity contribution is 0.390. The average molecular weight is 337 g/mol. The Hall–Kier alpha value is -2.92. The number of anilines is 1. The van der Waals surface area contributed by atoms with Crippen molar-refractivity contribution in [1.82, 2.24) is 15.1 Å². The zero-order valence-corrected chi connectivity index (χ0v) is 13.4. The van der Waals surface area contributed by atoms with E-state index in [9.17, 15) is 0 Å². The number of nitrogens with one attached hydrogen (secondary N) is 1. The van der Waals surface area contributed by atoms with Gasteiger partial charge in [0.15, 0.2) is 5.76 Å². The number of aromatic nitrogens is 3. The molecule has 118 valence electrons. The summed E-state index contributed by atoms with van der Waals surface area (Å²) in [5, 5.41) is 9.04. The van der Waals surface area contributed by atoms with Crippen molar-refractivity contribution in [2.45, 2.75) is 6.54 Å². The third-order valence-electron chi connectivity index (χ3n) is 3.67. The van der Waals surface area contributed by atoms with Gasteiger partial charge in [-0.2, -0.15) is 0 Å². The first kappa shape index (κ1) is 14.7. The van der Waals surface area contributed by atoms with E-state index in [4.69, 9.17) is 16.1 Å². The van der Waals surface area contributed by atoms with Crippen LogP contribution in [0, 0.1) is 0 Å². The maximum Gasteiger partial charge on any atom is 0.156 e. The van der Waals surface area contributed by atoms with Crippen LogP contribution in [0.2, 0.25) is 5.02 Å². The lowest BCUT2D eigenvalue weighted by atomic mass is 10.1.